The summed E-state index contributed by atoms with van der Waals surface area (Å²) in [5.41, 5.74) is 4.33. The first kappa shape index (κ1) is 19.2. The Morgan fingerprint density at radius 3 is 2.87 bits per heavy atom. The van der Waals surface area contributed by atoms with Crippen molar-refractivity contribution in [1.82, 2.24) is 19.7 Å². The van der Waals surface area contributed by atoms with Crippen LogP contribution < -0.4 is 10.9 Å². The van der Waals surface area contributed by atoms with Crippen molar-refractivity contribution in [3.05, 3.63) is 76.3 Å². The van der Waals surface area contributed by atoms with Crippen molar-refractivity contribution >= 4 is 44.1 Å². The molecule has 0 radical (unpaired) electrons. The van der Waals surface area contributed by atoms with Crippen molar-refractivity contribution < 1.29 is 4.79 Å². The molecule has 7 nitrogen and oxygen atoms in total. The molecule has 1 amide bonds. The van der Waals surface area contributed by atoms with Crippen LogP contribution >= 0.6 is 11.3 Å². The van der Waals surface area contributed by atoms with Crippen LogP contribution in [0.1, 0.15) is 12.0 Å². The molecule has 0 spiro atoms. The predicted molar refractivity (Wildman–Crippen MR) is 123 cm³/mol. The van der Waals surface area contributed by atoms with Gasteiger partial charge in [-0.15, -0.1) is 11.3 Å². The minimum absolute atomic E-state index is 0.134. The number of carbonyl (C=O) groups is 1. The second-order valence-corrected chi connectivity index (χ2v) is 8.23. The second kappa shape index (κ2) is 7.81. The Hall–Kier alpha value is -3.78. The van der Waals surface area contributed by atoms with Gasteiger partial charge in [-0.25, -0.2) is 4.98 Å². The molecule has 0 unspecified atom stereocenters. The van der Waals surface area contributed by atoms with Crippen LogP contribution in [0.3, 0.4) is 0 Å². The van der Waals surface area contributed by atoms with Crippen molar-refractivity contribution in [2.45, 2.75) is 19.9 Å². The third kappa shape index (κ3) is 3.62. The molecule has 2 N–H and O–H groups in total. The number of aromatic amines is 1. The Bertz CT molecular complexity index is 1460. The van der Waals surface area contributed by atoms with Gasteiger partial charge in [0.1, 0.15) is 4.83 Å². The van der Waals surface area contributed by atoms with E-state index in [1.54, 1.807) is 6.20 Å². The molecular weight excluding hydrogens is 410 g/mol. The number of para-hydroxylation sites is 1. The third-order valence-corrected chi connectivity index (χ3v) is 6.14. The van der Waals surface area contributed by atoms with E-state index >= 15 is 0 Å². The highest BCUT2D eigenvalue weighted by molar-refractivity contribution is 7.17. The van der Waals surface area contributed by atoms with Crippen molar-refractivity contribution in [3.63, 3.8) is 0 Å². The molecule has 154 valence electrons. The molecule has 0 aliphatic rings. The van der Waals surface area contributed by atoms with Crippen LogP contribution in [0.15, 0.2) is 65.2 Å². The summed E-state index contributed by atoms with van der Waals surface area (Å²) < 4.78 is 1.50. The van der Waals surface area contributed by atoms with E-state index in [1.165, 1.54) is 22.2 Å². The number of hydrogen-bond donors (Lipinski definition) is 2. The number of carbonyl (C=O) groups excluding carboxylic acids is 1. The highest BCUT2D eigenvalue weighted by atomic mass is 32.1. The number of benzene rings is 2. The fourth-order valence-electron chi connectivity index (χ4n) is 3.58. The summed E-state index contributed by atoms with van der Waals surface area (Å²) in [5.74, 6) is -0.182. The summed E-state index contributed by atoms with van der Waals surface area (Å²) in [7, 11) is 0. The molecule has 2 aromatic carbocycles. The van der Waals surface area contributed by atoms with Crippen LogP contribution in [0.5, 0.6) is 0 Å². The molecule has 0 aliphatic carbocycles. The zero-order valence-electron chi connectivity index (χ0n) is 16.8. The fraction of sp³-hybridized carbons (Fsp3) is 0.130. The lowest BCUT2D eigenvalue weighted by atomic mass is 10.1. The van der Waals surface area contributed by atoms with Gasteiger partial charge in [0.15, 0.2) is 0 Å². The van der Waals surface area contributed by atoms with E-state index in [0.717, 1.165) is 27.6 Å². The minimum Gasteiger partial charge on any atom is -0.324 e. The molecule has 8 heteroatoms. The van der Waals surface area contributed by atoms with Gasteiger partial charge in [0.25, 0.3) is 5.56 Å². The Kier molecular flexibility index (Phi) is 4.83. The zero-order chi connectivity index (χ0) is 21.4. The van der Waals surface area contributed by atoms with E-state index in [2.05, 4.69) is 20.5 Å². The smallest absolute Gasteiger partial charge is 0.262 e. The molecule has 0 aliphatic heterocycles. The van der Waals surface area contributed by atoms with Gasteiger partial charge in [-0.1, -0.05) is 42.0 Å². The van der Waals surface area contributed by atoms with E-state index in [9.17, 15) is 9.59 Å². The van der Waals surface area contributed by atoms with E-state index in [-0.39, 0.29) is 24.4 Å². The summed E-state index contributed by atoms with van der Waals surface area (Å²) in [4.78, 5) is 30.8. The normalized spacial score (nSPS) is 11.3. The number of hydrogen-bond acceptors (Lipinski definition) is 5. The van der Waals surface area contributed by atoms with Crippen molar-refractivity contribution in [2.75, 3.05) is 5.32 Å². The first-order valence-corrected chi connectivity index (χ1v) is 10.7. The summed E-state index contributed by atoms with van der Waals surface area (Å²) >= 11 is 1.45. The van der Waals surface area contributed by atoms with Crippen molar-refractivity contribution in [1.29, 1.82) is 0 Å². The van der Waals surface area contributed by atoms with Gasteiger partial charge in [0.05, 0.1) is 29.1 Å². The summed E-state index contributed by atoms with van der Waals surface area (Å²) in [6, 6.07) is 13.7. The largest absolute Gasteiger partial charge is 0.324 e. The van der Waals surface area contributed by atoms with E-state index in [4.69, 9.17) is 0 Å². The Morgan fingerprint density at radius 1 is 1.19 bits per heavy atom. The average Bonchev–Trinajstić information content (AvgIpc) is 3.42. The monoisotopic (exact) mass is 429 g/mol. The zero-order valence-corrected chi connectivity index (χ0v) is 17.6. The lowest BCUT2D eigenvalue weighted by Crippen LogP contribution is -2.23. The summed E-state index contributed by atoms with van der Waals surface area (Å²) in [6.45, 7) is 2.28. The summed E-state index contributed by atoms with van der Waals surface area (Å²) in [6.07, 6.45) is 3.38. The van der Waals surface area contributed by atoms with Gasteiger partial charge >= 0.3 is 0 Å². The molecule has 5 rings (SSSR count). The van der Waals surface area contributed by atoms with Gasteiger partial charge in [0.2, 0.25) is 5.91 Å². The molecule has 0 saturated carbocycles. The number of nitrogens with zero attached hydrogens (tertiary/aromatic N) is 3. The van der Waals surface area contributed by atoms with Crippen LogP contribution in [0.25, 0.3) is 32.2 Å². The summed E-state index contributed by atoms with van der Waals surface area (Å²) in [5, 5.41) is 13.3. The SMILES string of the molecule is Cc1ccc(-c2csc3ncn(CCC(=O)Nc4cccc5cn[nH]c45)c(=O)c23)cc1. The number of anilines is 1. The molecule has 0 bridgehead atoms. The molecular formula is C23H19N5O2S. The van der Waals surface area contributed by atoms with Crippen molar-refractivity contribution in [2.24, 2.45) is 0 Å². The number of aryl methyl sites for hydroxylation is 2. The minimum atomic E-state index is -0.182. The number of thiophene rings is 1. The average molecular weight is 430 g/mol. The first-order valence-electron chi connectivity index (χ1n) is 9.86. The standard InChI is InChI=1S/C23H19N5O2S/c1-14-5-7-15(8-6-14)17-12-31-22-20(17)23(30)28(13-24-22)10-9-19(29)26-18-4-2-3-16-11-25-27-21(16)18/h2-8,11-13H,9-10H2,1H3,(H,25,27)(H,26,29). The fourth-order valence-corrected chi connectivity index (χ4v) is 4.49. The number of amides is 1. The Labute approximate surface area is 181 Å². The van der Waals surface area contributed by atoms with Crippen LogP contribution in [0.4, 0.5) is 5.69 Å². The van der Waals surface area contributed by atoms with Crippen LogP contribution in [-0.2, 0) is 11.3 Å². The number of rotatable bonds is 5. The maximum Gasteiger partial charge on any atom is 0.262 e. The van der Waals surface area contributed by atoms with Crippen LogP contribution in [0, 0.1) is 6.92 Å². The maximum atomic E-state index is 13.1. The lowest BCUT2D eigenvalue weighted by molar-refractivity contribution is -0.116. The second-order valence-electron chi connectivity index (χ2n) is 7.38. The Balaban J connectivity index is 1.38. The topological polar surface area (TPSA) is 92.7 Å². The van der Waals surface area contributed by atoms with Gasteiger partial charge in [0, 0.05) is 29.3 Å². The maximum absolute atomic E-state index is 13.1. The van der Waals surface area contributed by atoms with E-state index < -0.39 is 0 Å². The highest BCUT2D eigenvalue weighted by Gasteiger charge is 2.14. The predicted octanol–water partition coefficient (Wildman–Crippen LogP) is 4.34. The molecule has 5 aromatic rings. The van der Waals surface area contributed by atoms with E-state index in [1.807, 2.05) is 54.8 Å². The number of aromatic nitrogens is 4. The van der Waals surface area contributed by atoms with Crippen LogP contribution in [0.2, 0.25) is 0 Å². The van der Waals surface area contributed by atoms with Crippen molar-refractivity contribution in [3.8, 4) is 11.1 Å². The molecule has 0 fully saturated rings. The molecule has 3 heterocycles. The molecule has 31 heavy (non-hydrogen) atoms. The molecule has 3 aromatic heterocycles. The Morgan fingerprint density at radius 2 is 2.03 bits per heavy atom. The quantitative estimate of drug-likeness (QED) is 0.435. The number of H-pyrrole nitrogens is 1. The lowest BCUT2D eigenvalue weighted by Gasteiger charge is -2.08. The molecule has 0 atom stereocenters. The highest BCUT2D eigenvalue weighted by Crippen LogP contribution is 2.30. The van der Waals surface area contributed by atoms with E-state index in [0.29, 0.717) is 15.9 Å². The van der Waals surface area contributed by atoms with Crippen LogP contribution in [-0.4, -0.2) is 25.7 Å². The van der Waals surface area contributed by atoms with Gasteiger partial charge < -0.3 is 5.32 Å². The van der Waals surface area contributed by atoms with Gasteiger partial charge in [-0.3, -0.25) is 19.3 Å². The van der Waals surface area contributed by atoms with Gasteiger partial charge in [-0.2, -0.15) is 5.10 Å². The first-order chi connectivity index (χ1) is 15.1. The number of fused-ring (bicyclic) bond motifs is 2. The molecule has 0 saturated heterocycles. The van der Waals surface area contributed by atoms with Gasteiger partial charge in [-0.05, 0) is 18.6 Å². The third-order valence-electron chi connectivity index (χ3n) is 5.25. The number of nitrogens with one attached hydrogen (secondary N) is 2.